The van der Waals surface area contributed by atoms with Crippen LogP contribution in [0.25, 0.3) is 0 Å². The Morgan fingerprint density at radius 2 is 1.96 bits per heavy atom. The second-order valence-electron chi connectivity index (χ2n) is 5.71. The summed E-state index contributed by atoms with van der Waals surface area (Å²) in [6.45, 7) is 5.55. The minimum absolute atomic E-state index is 0. The third-order valence-corrected chi connectivity index (χ3v) is 5.02. The van der Waals surface area contributed by atoms with Crippen LogP contribution >= 0.6 is 24.2 Å². The number of amides is 1. The highest BCUT2D eigenvalue weighted by atomic mass is 35.5. The van der Waals surface area contributed by atoms with E-state index in [1.54, 1.807) is 0 Å². The molecule has 0 aliphatic carbocycles. The fraction of sp³-hybridized carbons (Fsp3) is 0.588. The van der Waals surface area contributed by atoms with E-state index < -0.39 is 6.04 Å². The molecule has 0 aromatic heterocycles. The SMILES string of the molecule is CCSc1ccc(C(C)NC(=O)C(N)C2CCOCC2)cc1.Cl. The average molecular weight is 359 g/mol. The summed E-state index contributed by atoms with van der Waals surface area (Å²) in [6, 6.07) is 7.88. The summed E-state index contributed by atoms with van der Waals surface area (Å²) in [4.78, 5) is 13.6. The summed E-state index contributed by atoms with van der Waals surface area (Å²) >= 11 is 1.81. The number of nitrogens with two attached hydrogens (primary N) is 1. The van der Waals surface area contributed by atoms with E-state index in [-0.39, 0.29) is 30.3 Å². The summed E-state index contributed by atoms with van der Waals surface area (Å²) in [6.07, 6.45) is 1.73. The highest BCUT2D eigenvalue weighted by Crippen LogP contribution is 2.22. The predicted molar refractivity (Wildman–Crippen MR) is 98.2 cm³/mol. The second kappa shape index (κ2) is 10.2. The van der Waals surface area contributed by atoms with Crippen LogP contribution in [0.5, 0.6) is 0 Å². The summed E-state index contributed by atoms with van der Waals surface area (Å²) in [5, 5.41) is 3.03. The lowest BCUT2D eigenvalue weighted by atomic mass is 9.91. The number of benzene rings is 1. The standard InChI is InChI=1S/C17H26N2O2S.ClH/c1-3-22-15-6-4-13(5-7-15)12(2)19-17(20)16(18)14-8-10-21-11-9-14;/h4-7,12,14,16H,3,8-11,18H2,1-2H3,(H,19,20);1H. The number of ether oxygens (including phenoxy) is 1. The number of carbonyl (C=O) groups is 1. The number of nitrogens with one attached hydrogen (secondary N) is 1. The second-order valence-corrected chi connectivity index (χ2v) is 7.05. The molecule has 130 valence electrons. The topological polar surface area (TPSA) is 64.4 Å². The van der Waals surface area contributed by atoms with Gasteiger partial charge in [0.2, 0.25) is 5.91 Å². The van der Waals surface area contributed by atoms with Crippen molar-refractivity contribution in [2.24, 2.45) is 11.7 Å². The highest BCUT2D eigenvalue weighted by Gasteiger charge is 2.27. The van der Waals surface area contributed by atoms with Gasteiger partial charge in [-0.15, -0.1) is 24.2 Å². The molecule has 1 aromatic carbocycles. The van der Waals surface area contributed by atoms with Gasteiger partial charge in [0, 0.05) is 18.1 Å². The quantitative estimate of drug-likeness (QED) is 0.767. The van der Waals surface area contributed by atoms with Gasteiger partial charge < -0.3 is 15.8 Å². The van der Waals surface area contributed by atoms with Crippen LogP contribution in [0.1, 0.15) is 38.3 Å². The first kappa shape index (κ1) is 20.3. The van der Waals surface area contributed by atoms with Gasteiger partial charge in [-0.3, -0.25) is 4.79 Å². The van der Waals surface area contributed by atoms with Crippen LogP contribution in [-0.2, 0) is 9.53 Å². The number of hydrogen-bond acceptors (Lipinski definition) is 4. The van der Waals surface area contributed by atoms with Gasteiger partial charge in [-0.2, -0.15) is 0 Å². The van der Waals surface area contributed by atoms with E-state index in [2.05, 4.69) is 36.5 Å². The van der Waals surface area contributed by atoms with Crippen LogP contribution in [-0.4, -0.2) is 30.9 Å². The molecule has 2 atom stereocenters. The zero-order chi connectivity index (χ0) is 15.9. The van der Waals surface area contributed by atoms with Crippen molar-refractivity contribution in [3.05, 3.63) is 29.8 Å². The number of hydrogen-bond donors (Lipinski definition) is 2. The van der Waals surface area contributed by atoms with Crippen molar-refractivity contribution in [2.45, 2.75) is 43.7 Å². The lowest BCUT2D eigenvalue weighted by Crippen LogP contribution is -2.47. The molecule has 1 heterocycles. The first-order valence-corrected chi connectivity index (χ1v) is 8.96. The molecule has 23 heavy (non-hydrogen) atoms. The Balaban J connectivity index is 0.00000264. The molecule has 3 N–H and O–H groups in total. The summed E-state index contributed by atoms with van der Waals surface area (Å²) in [5.41, 5.74) is 7.22. The molecule has 0 radical (unpaired) electrons. The van der Waals surface area contributed by atoms with Gasteiger partial charge in [-0.1, -0.05) is 19.1 Å². The van der Waals surface area contributed by atoms with Crippen molar-refractivity contribution >= 4 is 30.1 Å². The zero-order valence-electron chi connectivity index (χ0n) is 13.8. The van der Waals surface area contributed by atoms with E-state index in [1.165, 1.54) is 4.90 Å². The van der Waals surface area contributed by atoms with E-state index in [1.807, 2.05) is 18.7 Å². The van der Waals surface area contributed by atoms with Gasteiger partial charge in [0.1, 0.15) is 0 Å². The maximum absolute atomic E-state index is 12.3. The maximum Gasteiger partial charge on any atom is 0.237 e. The van der Waals surface area contributed by atoms with E-state index in [0.29, 0.717) is 13.2 Å². The van der Waals surface area contributed by atoms with Gasteiger partial charge in [-0.25, -0.2) is 0 Å². The Bertz CT molecular complexity index is 478. The molecule has 1 aliphatic rings. The fourth-order valence-corrected chi connectivity index (χ4v) is 3.36. The highest BCUT2D eigenvalue weighted by molar-refractivity contribution is 7.99. The summed E-state index contributed by atoms with van der Waals surface area (Å²) < 4.78 is 5.32. The number of rotatable bonds is 6. The summed E-state index contributed by atoms with van der Waals surface area (Å²) in [5.74, 6) is 1.22. The van der Waals surface area contributed by atoms with Crippen LogP contribution in [0, 0.1) is 5.92 Å². The molecule has 1 aromatic rings. The molecule has 0 bridgehead atoms. The molecule has 0 spiro atoms. The Morgan fingerprint density at radius 3 is 2.52 bits per heavy atom. The van der Waals surface area contributed by atoms with Gasteiger partial charge in [-0.05, 0) is 49.1 Å². The summed E-state index contributed by atoms with van der Waals surface area (Å²) in [7, 11) is 0. The van der Waals surface area contributed by atoms with E-state index in [4.69, 9.17) is 10.5 Å². The van der Waals surface area contributed by atoms with Crippen molar-refractivity contribution in [2.75, 3.05) is 19.0 Å². The number of halogens is 1. The largest absolute Gasteiger partial charge is 0.381 e. The Labute approximate surface area is 149 Å². The molecule has 4 nitrogen and oxygen atoms in total. The lowest BCUT2D eigenvalue weighted by molar-refractivity contribution is -0.125. The first-order chi connectivity index (χ1) is 10.6. The van der Waals surface area contributed by atoms with E-state index >= 15 is 0 Å². The van der Waals surface area contributed by atoms with Crippen molar-refractivity contribution in [3.8, 4) is 0 Å². The molecule has 1 fully saturated rings. The molecule has 1 aliphatic heterocycles. The van der Waals surface area contributed by atoms with Crippen molar-refractivity contribution < 1.29 is 9.53 Å². The zero-order valence-corrected chi connectivity index (χ0v) is 15.4. The molecule has 2 unspecified atom stereocenters. The molecular formula is C17H27ClN2O2S. The van der Waals surface area contributed by atoms with Crippen LogP contribution in [0.15, 0.2) is 29.2 Å². The van der Waals surface area contributed by atoms with Crippen LogP contribution in [0.4, 0.5) is 0 Å². The van der Waals surface area contributed by atoms with E-state index in [9.17, 15) is 4.79 Å². The Hall–Kier alpha value is -0.750. The number of thioether (sulfide) groups is 1. The van der Waals surface area contributed by atoms with Crippen LogP contribution in [0.3, 0.4) is 0 Å². The van der Waals surface area contributed by atoms with Gasteiger partial charge in [0.25, 0.3) is 0 Å². The smallest absolute Gasteiger partial charge is 0.237 e. The minimum atomic E-state index is -0.443. The van der Waals surface area contributed by atoms with Crippen LogP contribution < -0.4 is 11.1 Å². The Morgan fingerprint density at radius 1 is 1.35 bits per heavy atom. The van der Waals surface area contributed by atoms with Crippen LogP contribution in [0.2, 0.25) is 0 Å². The molecule has 1 saturated heterocycles. The van der Waals surface area contributed by atoms with Crippen molar-refractivity contribution in [1.29, 1.82) is 0 Å². The fourth-order valence-electron chi connectivity index (χ4n) is 2.70. The predicted octanol–water partition coefficient (Wildman–Crippen LogP) is 3.15. The first-order valence-electron chi connectivity index (χ1n) is 7.98. The van der Waals surface area contributed by atoms with Crippen molar-refractivity contribution in [1.82, 2.24) is 5.32 Å². The third kappa shape index (κ3) is 5.99. The van der Waals surface area contributed by atoms with Gasteiger partial charge in [0.05, 0.1) is 12.1 Å². The lowest BCUT2D eigenvalue weighted by Gasteiger charge is -2.28. The van der Waals surface area contributed by atoms with Crippen molar-refractivity contribution in [3.63, 3.8) is 0 Å². The monoisotopic (exact) mass is 358 g/mol. The molecular weight excluding hydrogens is 332 g/mol. The van der Waals surface area contributed by atoms with E-state index in [0.717, 1.165) is 24.2 Å². The normalized spacial score (nSPS) is 17.9. The molecule has 2 rings (SSSR count). The molecule has 6 heteroatoms. The molecule has 0 saturated carbocycles. The average Bonchev–Trinajstić information content (AvgIpc) is 2.55. The Kier molecular flexibility index (Phi) is 8.99. The van der Waals surface area contributed by atoms with Gasteiger partial charge in [0.15, 0.2) is 0 Å². The minimum Gasteiger partial charge on any atom is -0.381 e. The third-order valence-electron chi connectivity index (χ3n) is 4.13. The molecule has 1 amide bonds. The number of carbonyl (C=O) groups excluding carboxylic acids is 1. The van der Waals surface area contributed by atoms with Gasteiger partial charge >= 0.3 is 0 Å². The maximum atomic E-state index is 12.3.